The van der Waals surface area contributed by atoms with Crippen molar-refractivity contribution in [3.05, 3.63) is 0 Å². The lowest BCUT2D eigenvalue weighted by molar-refractivity contribution is -0.136. The zero-order valence-corrected chi connectivity index (χ0v) is 19.0. The van der Waals surface area contributed by atoms with Gasteiger partial charge < -0.3 is 10.6 Å². The van der Waals surface area contributed by atoms with Crippen molar-refractivity contribution in [1.82, 2.24) is 15.5 Å². The van der Waals surface area contributed by atoms with E-state index in [0.29, 0.717) is 18.8 Å². The standard InChI is InChI=1S/C22H39N3O3/c1-19(2,3)14-21(7,8)23-16(26)13-25-17(27)22(24-18(25)28)11-9-15(10-12-22)20(4,5)6/h15H,9-14H2,1-8H3,(H,23,26)(H,24,28). The van der Waals surface area contributed by atoms with Crippen molar-refractivity contribution in [2.24, 2.45) is 16.7 Å². The molecule has 28 heavy (non-hydrogen) atoms. The van der Waals surface area contributed by atoms with Gasteiger partial charge in [-0.25, -0.2) is 4.79 Å². The fraction of sp³-hybridized carbons (Fsp3) is 0.864. The van der Waals surface area contributed by atoms with Crippen LogP contribution in [0.15, 0.2) is 0 Å². The first-order chi connectivity index (χ1) is 12.5. The summed E-state index contributed by atoms with van der Waals surface area (Å²) in [4.78, 5) is 39.2. The molecular formula is C22H39N3O3. The largest absolute Gasteiger partial charge is 0.350 e. The van der Waals surface area contributed by atoms with Gasteiger partial charge in [0, 0.05) is 5.54 Å². The number of rotatable bonds is 4. The Bertz CT molecular complexity index is 632. The SMILES string of the molecule is CC(C)(C)CC(C)(C)NC(=O)CN1C(=O)NC2(CCC(C(C)(C)C)CC2)C1=O. The fourth-order valence-electron chi connectivity index (χ4n) is 5.07. The summed E-state index contributed by atoms with van der Waals surface area (Å²) < 4.78 is 0. The Morgan fingerprint density at radius 2 is 1.61 bits per heavy atom. The molecule has 0 atom stereocenters. The van der Waals surface area contributed by atoms with Crippen molar-refractivity contribution in [2.45, 2.75) is 98.6 Å². The average Bonchev–Trinajstić information content (AvgIpc) is 2.68. The minimum Gasteiger partial charge on any atom is -0.350 e. The maximum absolute atomic E-state index is 13.0. The van der Waals surface area contributed by atoms with Gasteiger partial charge >= 0.3 is 6.03 Å². The molecule has 4 amide bonds. The van der Waals surface area contributed by atoms with E-state index in [-0.39, 0.29) is 29.2 Å². The van der Waals surface area contributed by atoms with E-state index in [4.69, 9.17) is 0 Å². The number of carbonyl (C=O) groups excluding carboxylic acids is 3. The van der Waals surface area contributed by atoms with E-state index in [1.165, 1.54) is 0 Å². The van der Waals surface area contributed by atoms with Crippen LogP contribution in [-0.2, 0) is 9.59 Å². The van der Waals surface area contributed by atoms with Crippen molar-refractivity contribution in [1.29, 1.82) is 0 Å². The molecule has 0 unspecified atom stereocenters. The quantitative estimate of drug-likeness (QED) is 0.712. The van der Waals surface area contributed by atoms with E-state index < -0.39 is 17.1 Å². The topological polar surface area (TPSA) is 78.5 Å². The summed E-state index contributed by atoms with van der Waals surface area (Å²) in [6.45, 7) is 16.8. The molecule has 1 saturated carbocycles. The lowest BCUT2D eigenvalue weighted by atomic mass is 9.67. The molecule has 2 N–H and O–H groups in total. The second-order valence-electron chi connectivity index (χ2n) is 11.7. The van der Waals surface area contributed by atoms with E-state index in [2.05, 4.69) is 52.2 Å². The van der Waals surface area contributed by atoms with Crippen molar-refractivity contribution in [3.63, 3.8) is 0 Å². The van der Waals surface area contributed by atoms with Crippen molar-refractivity contribution in [2.75, 3.05) is 6.54 Å². The second kappa shape index (κ2) is 7.34. The van der Waals surface area contributed by atoms with Crippen LogP contribution in [0.2, 0.25) is 0 Å². The molecular weight excluding hydrogens is 354 g/mol. The molecule has 1 saturated heterocycles. The number of nitrogens with zero attached hydrogens (tertiary/aromatic N) is 1. The van der Waals surface area contributed by atoms with Gasteiger partial charge in [0.15, 0.2) is 0 Å². The summed E-state index contributed by atoms with van der Waals surface area (Å²) in [6.07, 6.45) is 3.91. The molecule has 0 aromatic rings. The van der Waals surface area contributed by atoms with Gasteiger partial charge in [0.25, 0.3) is 5.91 Å². The minimum atomic E-state index is -0.819. The number of amides is 4. The summed E-state index contributed by atoms with van der Waals surface area (Å²) in [5.41, 5.74) is -0.962. The third kappa shape index (κ3) is 5.26. The molecule has 2 fully saturated rings. The van der Waals surface area contributed by atoms with Crippen molar-refractivity contribution >= 4 is 17.8 Å². The molecule has 1 aliphatic carbocycles. The third-order valence-electron chi connectivity index (χ3n) is 6.06. The molecule has 1 aliphatic heterocycles. The summed E-state index contributed by atoms with van der Waals surface area (Å²) in [7, 11) is 0. The number of nitrogens with one attached hydrogen (secondary N) is 2. The highest BCUT2D eigenvalue weighted by Crippen LogP contribution is 2.43. The Morgan fingerprint density at radius 3 is 2.07 bits per heavy atom. The first kappa shape index (κ1) is 22.7. The number of hydrogen-bond donors (Lipinski definition) is 2. The summed E-state index contributed by atoms with van der Waals surface area (Å²) >= 11 is 0. The Hall–Kier alpha value is -1.59. The van der Waals surface area contributed by atoms with Crippen molar-refractivity contribution in [3.8, 4) is 0 Å². The number of imide groups is 1. The third-order valence-corrected chi connectivity index (χ3v) is 6.06. The maximum Gasteiger partial charge on any atom is 0.325 e. The first-order valence-electron chi connectivity index (χ1n) is 10.5. The Morgan fingerprint density at radius 1 is 1.07 bits per heavy atom. The molecule has 6 nitrogen and oxygen atoms in total. The first-order valence-corrected chi connectivity index (χ1v) is 10.5. The Balaban J connectivity index is 2.00. The molecule has 1 heterocycles. The Labute approximate surface area is 170 Å². The molecule has 6 heteroatoms. The molecule has 0 radical (unpaired) electrons. The molecule has 0 aromatic carbocycles. The fourth-order valence-corrected chi connectivity index (χ4v) is 5.07. The van der Waals surface area contributed by atoms with Gasteiger partial charge in [0.05, 0.1) is 0 Å². The van der Waals surface area contributed by atoms with Crippen LogP contribution < -0.4 is 10.6 Å². The van der Waals surface area contributed by atoms with E-state index in [1.54, 1.807) is 0 Å². The maximum atomic E-state index is 13.0. The second-order valence-corrected chi connectivity index (χ2v) is 11.7. The zero-order chi connectivity index (χ0) is 21.5. The Kier molecular flexibility index (Phi) is 5.95. The summed E-state index contributed by atoms with van der Waals surface area (Å²) in [5, 5.41) is 5.89. The van der Waals surface area contributed by atoms with Crippen LogP contribution in [-0.4, -0.2) is 40.4 Å². The van der Waals surface area contributed by atoms with E-state index >= 15 is 0 Å². The van der Waals surface area contributed by atoms with Gasteiger partial charge in [-0.15, -0.1) is 0 Å². The highest BCUT2D eigenvalue weighted by atomic mass is 16.2. The molecule has 2 rings (SSSR count). The lowest BCUT2D eigenvalue weighted by Gasteiger charge is -2.40. The monoisotopic (exact) mass is 393 g/mol. The average molecular weight is 394 g/mol. The normalized spacial score (nSPS) is 26.6. The molecule has 2 aliphatic rings. The predicted molar refractivity (Wildman–Crippen MR) is 111 cm³/mol. The molecule has 0 aromatic heterocycles. The zero-order valence-electron chi connectivity index (χ0n) is 19.0. The molecule has 1 spiro atoms. The van der Waals surface area contributed by atoms with Crippen LogP contribution in [0.25, 0.3) is 0 Å². The van der Waals surface area contributed by atoms with Gasteiger partial charge in [0.2, 0.25) is 5.91 Å². The van der Waals surface area contributed by atoms with Crippen LogP contribution >= 0.6 is 0 Å². The highest BCUT2D eigenvalue weighted by Gasteiger charge is 2.53. The number of carbonyl (C=O) groups is 3. The smallest absolute Gasteiger partial charge is 0.325 e. The van der Waals surface area contributed by atoms with Crippen molar-refractivity contribution < 1.29 is 14.4 Å². The minimum absolute atomic E-state index is 0.0629. The molecule has 0 bridgehead atoms. The summed E-state index contributed by atoms with van der Waals surface area (Å²) in [6, 6.07) is -0.442. The summed E-state index contributed by atoms with van der Waals surface area (Å²) in [5.74, 6) is 0.00480. The number of urea groups is 1. The van der Waals surface area contributed by atoms with E-state index in [0.717, 1.165) is 24.2 Å². The van der Waals surface area contributed by atoms with Gasteiger partial charge in [-0.3, -0.25) is 14.5 Å². The van der Waals surface area contributed by atoms with Crippen LogP contribution in [0.4, 0.5) is 4.79 Å². The van der Waals surface area contributed by atoms with Gasteiger partial charge in [-0.1, -0.05) is 41.5 Å². The van der Waals surface area contributed by atoms with E-state index in [1.807, 2.05) is 13.8 Å². The van der Waals surface area contributed by atoms with Gasteiger partial charge in [-0.2, -0.15) is 0 Å². The van der Waals surface area contributed by atoms with Crippen LogP contribution in [0.1, 0.15) is 87.5 Å². The van der Waals surface area contributed by atoms with Crippen LogP contribution in [0.3, 0.4) is 0 Å². The highest BCUT2D eigenvalue weighted by molar-refractivity contribution is 6.09. The number of hydrogen-bond acceptors (Lipinski definition) is 3. The molecule has 160 valence electrons. The van der Waals surface area contributed by atoms with Crippen LogP contribution in [0, 0.1) is 16.7 Å². The van der Waals surface area contributed by atoms with Gasteiger partial charge in [-0.05, 0) is 62.7 Å². The van der Waals surface area contributed by atoms with Crippen LogP contribution in [0.5, 0.6) is 0 Å². The predicted octanol–water partition coefficient (Wildman–Crippen LogP) is 3.84. The lowest BCUT2D eigenvalue weighted by Crippen LogP contribution is -2.52. The van der Waals surface area contributed by atoms with Gasteiger partial charge in [0.1, 0.15) is 12.1 Å². The van der Waals surface area contributed by atoms with E-state index in [9.17, 15) is 14.4 Å².